The number of methoxy groups -OCH3 is 1. The highest BCUT2D eigenvalue weighted by atomic mass is 79.9. The summed E-state index contributed by atoms with van der Waals surface area (Å²) in [4.78, 5) is 16.6. The molecule has 1 fully saturated rings. The van der Waals surface area contributed by atoms with Crippen molar-refractivity contribution in [3.63, 3.8) is 0 Å². The first-order chi connectivity index (χ1) is 11.6. The molecule has 0 N–H and O–H groups in total. The lowest BCUT2D eigenvalue weighted by Gasteiger charge is -2.15. The number of aromatic nitrogens is 1. The van der Waals surface area contributed by atoms with Crippen LogP contribution in [0.4, 0.5) is 0 Å². The first kappa shape index (κ1) is 17.0. The molecule has 24 heavy (non-hydrogen) atoms. The SMILES string of the molecule is COc1cccc(CCCOC(=O)C2(c3cncc(Br)c3)CC2)c1. The lowest BCUT2D eigenvalue weighted by molar-refractivity contribution is -0.146. The number of halogens is 1. The van der Waals surface area contributed by atoms with Gasteiger partial charge in [-0.25, -0.2) is 0 Å². The fraction of sp³-hybridized carbons (Fsp3) is 0.368. The van der Waals surface area contributed by atoms with Crippen molar-refractivity contribution >= 4 is 21.9 Å². The number of carbonyl (C=O) groups excluding carboxylic acids is 1. The number of aryl methyl sites for hydroxylation is 1. The van der Waals surface area contributed by atoms with E-state index in [4.69, 9.17) is 9.47 Å². The van der Waals surface area contributed by atoms with E-state index < -0.39 is 5.41 Å². The third-order valence-corrected chi connectivity index (χ3v) is 4.81. The smallest absolute Gasteiger partial charge is 0.316 e. The molecule has 1 heterocycles. The van der Waals surface area contributed by atoms with E-state index in [0.717, 1.165) is 41.5 Å². The van der Waals surface area contributed by atoms with E-state index in [9.17, 15) is 4.79 Å². The molecule has 126 valence electrons. The van der Waals surface area contributed by atoms with Crippen LogP contribution in [0.3, 0.4) is 0 Å². The van der Waals surface area contributed by atoms with Gasteiger partial charge in [0.05, 0.1) is 19.1 Å². The highest BCUT2D eigenvalue weighted by Crippen LogP contribution is 2.49. The van der Waals surface area contributed by atoms with E-state index in [1.54, 1.807) is 19.5 Å². The average molecular weight is 390 g/mol. The molecular weight excluding hydrogens is 370 g/mol. The molecule has 0 radical (unpaired) electrons. The van der Waals surface area contributed by atoms with Gasteiger partial charge in [-0.2, -0.15) is 0 Å². The summed E-state index contributed by atoms with van der Waals surface area (Å²) >= 11 is 3.41. The molecule has 0 aliphatic heterocycles. The zero-order chi connectivity index (χ0) is 17.0. The monoisotopic (exact) mass is 389 g/mol. The van der Waals surface area contributed by atoms with Crippen molar-refractivity contribution in [1.82, 2.24) is 4.98 Å². The van der Waals surface area contributed by atoms with Gasteiger partial charge < -0.3 is 9.47 Å². The Morgan fingerprint density at radius 3 is 2.83 bits per heavy atom. The molecule has 4 nitrogen and oxygen atoms in total. The molecule has 0 amide bonds. The maximum Gasteiger partial charge on any atom is 0.316 e. The maximum absolute atomic E-state index is 12.5. The summed E-state index contributed by atoms with van der Waals surface area (Å²) < 4.78 is 11.6. The predicted molar refractivity (Wildman–Crippen MR) is 95.1 cm³/mol. The second-order valence-corrected chi connectivity index (χ2v) is 6.98. The summed E-state index contributed by atoms with van der Waals surface area (Å²) in [5.41, 5.74) is 1.64. The molecule has 1 aromatic carbocycles. The van der Waals surface area contributed by atoms with Gasteiger partial charge in [0.1, 0.15) is 5.75 Å². The Hall–Kier alpha value is -1.88. The van der Waals surface area contributed by atoms with Crippen molar-refractivity contribution < 1.29 is 14.3 Å². The Labute approximate surface area is 150 Å². The molecule has 2 aromatic rings. The molecule has 0 bridgehead atoms. The first-order valence-corrected chi connectivity index (χ1v) is 8.84. The maximum atomic E-state index is 12.5. The van der Waals surface area contributed by atoms with Crippen LogP contribution in [0.5, 0.6) is 5.75 Å². The van der Waals surface area contributed by atoms with Crippen LogP contribution in [0.2, 0.25) is 0 Å². The zero-order valence-electron chi connectivity index (χ0n) is 13.6. The average Bonchev–Trinajstić information content (AvgIpc) is 3.41. The summed E-state index contributed by atoms with van der Waals surface area (Å²) in [5.74, 6) is 0.719. The molecule has 0 unspecified atom stereocenters. The normalized spacial score (nSPS) is 14.9. The number of carbonyl (C=O) groups is 1. The molecule has 0 atom stereocenters. The summed E-state index contributed by atoms with van der Waals surface area (Å²) in [6.07, 6.45) is 6.80. The van der Waals surface area contributed by atoms with Gasteiger partial charge >= 0.3 is 5.97 Å². The number of pyridine rings is 1. The van der Waals surface area contributed by atoms with Crippen LogP contribution in [0.25, 0.3) is 0 Å². The number of esters is 1. The molecule has 0 saturated heterocycles. The molecule has 3 rings (SSSR count). The second-order valence-electron chi connectivity index (χ2n) is 6.06. The van der Waals surface area contributed by atoms with E-state index >= 15 is 0 Å². The van der Waals surface area contributed by atoms with E-state index in [-0.39, 0.29) is 5.97 Å². The lowest BCUT2D eigenvalue weighted by Crippen LogP contribution is -2.24. The lowest BCUT2D eigenvalue weighted by atomic mass is 9.98. The summed E-state index contributed by atoms with van der Waals surface area (Å²) in [6.45, 7) is 0.430. The van der Waals surface area contributed by atoms with Gasteiger partial charge in [0.2, 0.25) is 0 Å². The van der Waals surface area contributed by atoms with Crippen molar-refractivity contribution in [1.29, 1.82) is 0 Å². The van der Waals surface area contributed by atoms with Gasteiger partial charge in [0, 0.05) is 16.9 Å². The van der Waals surface area contributed by atoms with Gasteiger partial charge in [-0.15, -0.1) is 0 Å². The Morgan fingerprint density at radius 1 is 1.29 bits per heavy atom. The van der Waals surface area contributed by atoms with Crippen LogP contribution >= 0.6 is 15.9 Å². The molecule has 1 aromatic heterocycles. The minimum absolute atomic E-state index is 0.131. The quantitative estimate of drug-likeness (QED) is 0.529. The van der Waals surface area contributed by atoms with Gasteiger partial charge in [0.25, 0.3) is 0 Å². The molecule has 1 saturated carbocycles. The first-order valence-electron chi connectivity index (χ1n) is 8.05. The van der Waals surface area contributed by atoms with Crippen molar-refractivity contribution in [3.05, 3.63) is 58.3 Å². The molecule has 5 heteroatoms. The van der Waals surface area contributed by atoms with Crippen LogP contribution in [-0.2, 0) is 21.4 Å². The van der Waals surface area contributed by atoms with Gasteiger partial charge in [0.15, 0.2) is 0 Å². The van der Waals surface area contributed by atoms with Crippen LogP contribution < -0.4 is 4.74 Å². The summed E-state index contributed by atoms with van der Waals surface area (Å²) in [5, 5.41) is 0. The van der Waals surface area contributed by atoms with E-state index in [2.05, 4.69) is 27.0 Å². The predicted octanol–water partition coefficient (Wildman–Crippen LogP) is 4.06. The van der Waals surface area contributed by atoms with Gasteiger partial charge in [-0.1, -0.05) is 12.1 Å². The number of hydrogen-bond acceptors (Lipinski definition) is 4. The minimum Gasteiger partial charge on any atom is -0.497 e. The Kier molecular flexibility index (Phi) is 5.19. The third-order valence-electron chi connectivity index (χ3n) is 4.38. The van der Waals surface area contributed by atoms with Gasteiger partial charge in [-0.3, -0.25) is 9.78 Å². The summed E-state index contributed by atoms with van der Waals surface area (Å²) in [6, 6.07) is 9.92. The number of benzene rings is 1. The third kappa shape index (κ3) is 3.78. The Balaban J connectivity index is 1.51. The van der Waals surface area contributed by atoms with Crippen LogP contribution in [0.15, 0.2) is 47.2 Å². The topological polar surface area (TPSA) is 48.4 Å². The van der Waals surface area contributed by atoms with Crippen molar-refractivity contribution in [2.24, 2.45) is 0 Å². The van der Waals surface area contributed by atoms with Crippen LogP contribution in [0, 0.1) is 0 Å². The minimum atomic E-state index is -0.479. The largest absolute Gasteiger partial charge is 0.497 e. The Morgan fingerprint density at radius 2 is 2.12 bits per heavy atom. The summed E-state index contributed by atoms with van der Waals surface area (Å²) in [7, 11) is 1.66. The highest BCUT2D eigenvalue weighted by molar-refractivity contribution is 9.10. The van der Waals surface area contributed by atoms with Crippen LogP contribution in [-0.4, -0.2) is 24.7 Å². The van der Waals surface area contributed by atoms with Crippen molar-refractivity contribution in [2.45, 2.75) is 31.1 Å². The van der Waals surface area contributed by atoms with Crippen LogP contribution in [0.1, 0.15) is 30.4 Å². The van der Waals surface area contributed by atoms with Gasteiger partial charge in [-0.05, 0) is 70.9 Å². The Bertz CT molecular complexity index is 728. The van der Waals surface area contributed by atoms with E-state index in [0.29, 0.717) is 6.61 Å². The molecule has 1 aliphatic rings. The molecular formula is C19H20BrNO3. The number of ether oxygens (including phenoxy) is 2. The number of rotatable bonds is 7. The van der Waals surface area contributed by atoms with E-state index in [1.807, 2.05) is 24.3 Å². The number of nitrogens with zero attached hydrogens (tertiary/aromatic N) is 1. The van der Waals surface area contributed by atoms with Crippen molar-refractivity contribution in [2.75, 3.05) is 13.7 Å². The molecule has 1 aliphatic carbocycles. The second kappa shape index (κ2) is 7.34. The number of hydrogen-bond donors (Lipinski definition) is 0. The standard InChI is InChI=1S/C19H20BrNO3/c1-23-17-6-2-4-14(10-17)5-3-9-24-18(22)19(7-8-19)15-11-16(20)13-21-12-15/h2,4,6,10-13H,3,5,7-9H2,1H3. The van der Waals surface area contributed by atoms with Crippen molar-refractivity contribution in [3.8, 4) is 5.75 Å². The van der Waals surface area contributed by atoms with E-state index in [1.165, 1.54) is 5.56 Å². The highest BCUT2D eigenvalue weighted by Gasteiger charge is 2.53. The fourth-order valence-corrected chi connectivity index (χ4v) is 3.18. The fourth-order valence-electron chi connectivity index (χ4n) is 2.82. The zero-order valence-corrected chi connectivity index (χ0v) is 15.2. The molecule has 0 spiro atoms.